The number of rotatable bonds is 4. The van der Waals surface area contributed by atoms with Crippen LogP contribution in [0.3, 0.4) is 0 Å². The fourth-order valence-corrected chi connectivity index (χ4v) is 2.55. The van der Waals surface area contributed by atoms with Gasteiger partial charge < -0.3 is 15.7 Å². The highest BCUT2D eigenvalue weighted by Gasteiger charge is 2.17. The summed E-state index contributed by atoms with van der Waals surface area (Å²) in [7, 11) is 0. The first-order valence-corrected chi connectivity index (χ1v) is 6.74. The van der Waals surface area contributed by atoms with Crippen LogP contribution in [-0.4, -0.2) is 55.2 Å². The quantitative estimate of drug-likeness (QED) is 0.545. The van der Waals surface area contributed by atoms with Gasteiger partial charge in [0.05, 0.1) is 6.61 Å². The molecular weight excluding hydrogens is 240 g/mol. The summed E-state index contributed by atoms with van der Waals surface area (Å²) < 4.78 is 0. The van der Waals surface area contributed by atoms with Crippen molar-refractivity contribution in [1.29, 1.82) is 5.41 Å². The number of nitrogen functional groups attached to an aromatic ring is 1. The monoisotopic (exact) mass is 262 g/mol. The van der Waals surface area contributed by atoms with E-state index >= 15 is 0 Å². The van der Waals surface area contributed by atoms with Gasteiger partial charge in [0, 0.05) is 37.4 Å². The minimum absolute atomic E-state index is 0.118. The Morgan fingerprint density at radius 2 is 2.00 bits per heavy atom. The number of hydrogen-bond donors (Lipinski definition) is 3. The standard InChI is InChI=1S/C14H22N4O/c15-14(16)12-4-1-2-5-13(12)18-7-3-6-17(8-9-18)10-11-19/h1-2,4-5,19H,3,6-11H2,(H3,15,16). The summed E-state index contributed by atoms with van der Waals surface area (Å²) in [6.07, 6.45) is 1.06. The summed E-state index contributed by atoms with van der Waals surface area (Å²) in [5.41, 5.74) is 7.49. The first-order chi connectivity index (χ1) is 9.22. The Morgan fingerprint density at radius 1 is 1.21 bits per heavy atom. The van der Waals surface area contributed by atoms with Gasteiger partial charge in [0.25, 0.3) is 0 Å². The first-order valence-electron chi connectivity index (χ1n) is 6.74. The Labute approximate surface area is 114 Å². The Hall–Kier alpha value is -1.59. The van der Waals surface area contributed by atoms with Crippen molar-refractivity contribution >= 4 is 11.5 Å². The van der Waals surface area contributed by atoms with Crippen molar-refractivity contribution in [3.05, 3.63) is 29.8 Å². The van der Waals surface area contributed by atoms with Crippen LogP contribution in [0.4, 0.5) is 5.69 Å². The van der Waals surface area contributed by atoms with Crippen LogP contribution in [0.1, 0.15) is 12.0 Å². The van der Waals surface area contributed by atoms with Gasteiger partial charge in [-0.3, -0.25) is 10.3 Å². The molecule has 0 aromatic heterocycles. The van der Waals surface area contributed by atoms with E-state index in [-0.39, 0.29) is 12.4 Å². The fraction of sp³-hybridized carbons (Fsp3) is 0.500. The molecule has 1 aromatic rings. The molecule has 1 saturated heterocycles. The predicted molar refractivity (Wildman–Crippen MR) is 77.8 cm³/mol. The van der Waals surface area contributed by atoms with Gasteiger partial charge in [-0.25, -0.2) is 0 Å². The van der Waals surface area contributed by atoms with Crippen LogP contribution in [0, 0.1) is 5.41 Å². The molecule has 0 aliphatic carbocycles. The number of anilines is 1. The SMILES string of the molecule is N=C(N)c1ccccc1N1CCCN(CCO)CC1. The molecule has 0 saturated carbocycles. The van der Waals surface area contributed by atoms with Crippen LogP contribution in [0.15, 0.2) is 24.3 Å². The molecule has 4 N–H and O–H groups in total. The maximum Gasteiger partial charge on any atom is 0.124 e. The number of benzene rings is 1. The van der Waals surface area contributed by atoms with Crippen molar-refractivity contribution < 1.29 is 5.11 Å². The average Bonchev–Trinajstić information content (AvgIpc) is 2.65. The minimum Gasteiger partial charge on any atom is -0.395 e. The van der Waals surface area contributed by atoms with Gasteiger partial charge in [-0.05, 0) is 25.1 Å². The Balaban J connectivity index is 2.12. The van der Waals surface area contributed by atoms with Gasteiger partial charge in [-0.15, -0.1) is 0 Å². The first kappa shape index (κ1) is 13.8. The maximum absolute atomic E-state index is 9.01. The van der Waals surface area contributed by atoms with Gasteiger partial charge in [0.15, 0.2) is 0 Å². The Morgan fingerprint density at radius 3 is 2.74 bits per heavy atom. The fourth-order valence-electron chi connectivity index (χ4n) is 2.55. The zero-order chi connectivity index (χ0) is 13.7. The number of aliphatic hydroxyl groups excluding tert-OH is 1. The van der Waals surface area contributed by atoms with Crippen LogP contribution in [0.25, 0.3) is 0 Å². The number of nitrogens with zero attached hydrogens (tertiary/aromatic N) is 2. The van der Waals surface area contributed by atoms with Crippen molar-refractivity contribution in [3.63, 3.8) is 0 Å². The third-order valence-electron chi connectivity index (χ3n) is 3.54. The van der Waals surface area contributed by atoms with Crippen molar-refractivity contribution in [2.45, 2.75) is 6.42 Å². The highest BCUT2D eigenvalue weighted by Crippen LogP contribution is 2.21. The van der Waals surface area contributed by atoms with E-state index in [0.717, 1.165) is 50.4 Å². The topological polar surface area (TPSA) is 76.6 Å². The third-order valence-corrected chi connectivity index (χ3v) is 3.54. The predicted octanol–water partition coefficient (Wildman–Crippen LogP) is 0.475. The van der Waals surface area contributed by atoms with Crippen molar-refractivity contribution in [2.24, 2.45) is 5.73 Å². The lowest BCUT2D eigenvalue weighted by Crippen LogP contribution is -2.33. The molecule has 19 heavy (non-hydrogen) atoms. The number of nitrogens with two attached hydrogens (primary N) is 1. The van der Waals surface area contributed by atoms with Crippen LogP contribution in [0.5, 0.6) is 0 Å². The molecule has 0 atom stereocenters. The molecule has 2 rings (SSSR count). The molecule has 1 heterocycles. The molecule has 1 fully saturated rings. The second-order valence-corrected chi connectivity index (χ2v) is 4.84. The summed E-state index contributed by atoms with van der Waals surface area (Å²) in [6, 6.07) is 7.82. The van der Waals surface area contributed by atoms with E-state index in [1.54, 1.807) is 0 Å². The van der Waals surface area contributed by atoms with Crippen LogP contribution in [-0.2, 0) is 0 Å². The maximum atomic E-state index is 9.01. The number of hydrogen-bond acceptors (Lipinski definition) is 4. The summed E-state index contributed by atoms with van der Waals surface area (Å²) in [5, 5.41) is 16.7. The lowest BCUT2D eigenvalue weighted by Gasteiger charge is -2.25. The molecule has 1 aromatic carbocycles. The summed E-state index contributed by atoms with van der Waals surface area (Å²) in [4.78, 5) is 4.56. The van der Waals surface area contributed by atoms with Gasteiger partial charge in [-0.1, -0.05) is 12.1 Å². The third kappa shape index (κ3) is 3.45. The lowest BCUT2D eigenvalue weighted by molar-refractivity contribution is 0.204. The van der Waals surface area contributed by atoms with E-state index in [9.17, 15) is 0 Å². The molecule has 0 radical (unpaired) electrons. The van der Waals surface area contributed by atoms with Gasteiger partial charge in [0.1, 0.15) is 5.84 Å². The van der Waals surface area contributed by atoms with E-state index in [1.807, 2.05) is 24.3 Å². The molecule has 5 heteroatoms. The average molecular weight is 262 g/mol. The van der Waals surface area contributed by atoms with Gasteiger partial charge in [-0.2, -0.15) is 0 Å². The molecule has 5 nitrogen and oxygen atoms in total. The number of nitrogens with one attached hydrogen (secondary N) is 1. The minimum atomic E-state index is 0.118. The van der Waals surface area contributed by atoms with E-state index in [2.05, 4.69) is 9.80 Å². The Kier molecular flexibility index (Phi) is 4.76. The second kappa shape index (κ2) is 6.54. The normalized spacial score (nSPS) is 17.2. The van der Waals surface area contributed by atoms with Gasteiger partial charge in [0.2, 0.25) is 0 Å². The van der Waals surface area contributed by atoms with Crippen LogP contribution < -0.4 is 10.6 Å². The number of β-amino-alcohol motifs (C(OH)–C–C–N with tert-alkyl or cyclic N) is 1. The molecule has 1 aliphatic heterocycles. The van der Waals surface area contributed by atoms with E-state index < -0.39 is 0 Å². The summed E-state index contributed by atoms with van der Waals surface area (Å²) in [6.45, 7) is 4.77. The van der Waals surface area contributed by atoms with Crippen molar-refractivity contribution in [2.75, 3.05) is 44.2 Å². The number of amidine groups is 1. The van der Waals surface area contributed by atoms with Gasteiger partial charge >= 0.3 is 0 Å². The van der Waals surface area contributed by atoms with E-state index in [1.165, 1.54) is 0 Å². The number of para-hydroxylation sites is 1. The van der Waals surface area contributed by atoms with Crippen LogP contribution in [0.2, 0.25) is 0 Å². The molecule has 104 valence electrons. The van der Waals surface area contributed by atoms with E-state index in [0.29, 0.717) is 0 Å². The zero-order valence-corrected chi connectivity index (χ0v) is 11.2. The largest absolute Gasteiger partial charge is 0.395 e. The smallest absolute Gasteiger partial charge is 0.124 e. The number of aliphatic hydroxyl groups is 1. The molecule has 1 aliphatic rings. The van der Waals surface area contributed by atoms with Crippen LogP contribution >= 0.6 is 0 Å². The molecule has 0 unspecified atom stereocenters. The highest BCUT2D eigenvalue weighted by molar-refractivity contribution is 6.00. The summed E-state index contributed by atoms with van der Waals surface area (Å²) in [5.74, 6) is 0.118. The van der Waals surface area contributed by atoms with E-state index in [4.69, 9.17) is 16.2 Å². The lowest BCUT2D eigenvalue weighted by atomic mass is 10.1. The molecule has 0 spiro atoms. The zero-order valence-electron chi connectivity index (χ0n) is 11.2. The second-order valence-electron chi connectivity index (χ2n) is 4.84. The molecular formula is C14H22N4O. The molecule has 0 bridgehead atoms. The Bertz CT molecular complexity index is 435. The molecule has 0 amide bonds. The summed E-state index contributed by atoms with van der Waals surface area (Å²) >= 11 is 0. The van der Waals surface area contributed by atoms with Crippen molar-refractivity contribution in [1.82, 2.24) is 4.90 Å². The van der Waals surface area contributed by atoms with Crippen molar-refractivity contribution in [3.8, 4) is 0 Å². The highest BCUT2D eigenvalue weighted by atomic mass is 16.3.